The lowest BCUT2D eigenvalue weighted by atomic mass is 10.0. The van der Waals surface area contributed by atoms with Crippen LogP contribution < -0.4 is 10.6 Å². The van der Waals surface area contributed by atoms with Gasteiger partial charge < -0.3 is 15.4 Å². The summed E-state index contributed by atoms with van der Waals surface area (Å²) < 4.78 is 22.7. The highest BCUT2D eigenvalue weighted by molar-refractivity contribution is 7.93. The van der Waals surface area contributed by atoms with Crippen LogP contribution in [0.25, 0.3) is 11.1 Å². The molecule has 0 aliphatic rings. The molecule has 5 rings (SSSR count). The quantitative estimate of drug-likeness (QED) is 0.171. The number of rotatable bonds is 8. The number of carbonyl (C=O) groups is 3. The molecule has 0 saturated carbocycles. The number of hydrogen-bond donors (Lipinski definition) is 2. The van der Waals surface area contributed by atoms with Crippen molar-refractivity contribution in [2.45, 2.75) is 11.5 Å². The first-order valence-corrected chi connectivity index (χ1v) is 16.4. The number of benzene rings is 4. The molecular formula is C34H26Cl2N4O5S. The van der Waals surface area contributed by atoms with Crippen LogP contribution in [0.1, 0.15) is 26.3 Å². The second kappa shape index (κ2) is 14.4. The van der Waals surface area contributed by atoms with Crippen molar-refractivity contribution in [2.75, 3.05) is 16.9 Å². The molecule has 12 heteroatoms. The van der Waals surface area contributed by atoms with Crippen molar-refractivity contribution in [3.05, 3.63) is 142 Å². The van der Waals surface area contributed by atoms with Gasteiger partial charge in [-0.2, -0.15) is 0 Å². The molecule has 1 atom stereocenters. The zero-order valence-corrected chi connectivity index (χ0v) is 26.6. The van der Waals surface area contributed by atoms with Gasteiger partial charge in [0.05, 0.1) is 30.9 Å². The zero-order chi connectivity index (χ0) is 32.7. The van der Waals surface area contributed by atoms with Crippen molar-refractivity contribution >= 4 is 62.3 Å². The van der Waals surface area contributed by atoms with E-state index in [0.29, 0.717) is 31.6 Å². The molecule has 9 nitrogen and oxygen atoms in total. The largest absolute Gasteiger partial charge is 0.443 e. The number of nitrogens with one attached hydrogen (secondary N) is 2. The predicted molar refractivity (Wildman–Crippen MR) is 180 cm³/mol. The number of ether oxygens (including phenoxy) is 1. The average Bonchev–Trinajstić information content (AvgIpc) is 3.06. The molecule has 0 radical (unpaired) electrons. The topological polar surface area (TPSA) is 127 Å². The number of halogens is 2. The summed E-state index contributed by atoms with van der Waals surface area (Å²) >= 11 is 12.0. The maximum Gasteiger partial charge on any atom is 0.442 e. The monoisotopic (exact) mass is 672 g/mol. The van der Waals surface area contributed by atoms with E-state index >= 15 is 0 Å². The highest BCUT2D eigenvalue weighted by Gasteiger charge is 2.18. The Morgan fingerprint density at radius 2 is 1.50 bits per heavy atom. The van der Waals surface area contributed by atoms with Crippen LogP contribution in [0.15, 0.2) is 125 Å². The lowest BCUT2D eigenvalue weighted by Crippen LogP contribution is -2.18. The third-order valence-corrected chi connectivity index (χ3v) is 8.78. The molecule has 0 fully saturated rings. The number of carbonyl (C=O) groups excluding carboxylic acids is 3. The summed E-state index contributed by atoms with van der Waals surface area (Å²) in [4.78, 5) is 43.1. The Morgan fingerprint density at radius 1 is 0.804 bits per heavy atom. The van der Waals surface area contributed by atoms with E-state index in [-0.39, 0.29) is 23.7 Å². The number of nitrogens with zero attached hydrogens (tertiary/aromatic N) is 2. The minimum absolute atomic E-state index is 0.00557. The van der Waals surface area contributed by atoms with Crippen LogP contribution in [0, 0.1) is 0 Å². The predicted octanol–water partition coefficient (Wildman–Crippen LogP) is 8.35. The number of pyridine rings is 1. The lowest BCUT2D eigenvalue weighted by molar-refractivity contribution is 0.102. The van der Waals surface area contributed by atoms with Gasteiger partial charge in [0.2, 0.25) is 0 Å². The van der Waals surface area contributed by atoms with Crippen LogP contribution in [-0.2, 0) is 21.1 Å². The van der Waals surface area contributed by atoms with Gasteiger partial charge in [-0.3, -0.25) is 9.59 Å². The summed E-state index contributed by atoms with van der Waals surface area (Å²) in [5, 5.41) is 6.14. The highest BCUT2D eigenvalue weighted by Crippen LogP contribution is 2.29. The molecule has 0 spiro atoms. The molecular weight excluding hydrogens is 647 g/mol. The first-order chi connectivity index (χ1) is 22.1. The molecule has 46 heavy (non-hydrogen) atoms. The fourth-order valence-corrected chi connectivity index (χ4v) is 6.06. The van der Waals surface area contributed by atoms with Crippen LogP contribution in [0.3, 0.4) is 0 Å². The summed E-state index contributed by atoms with van der Waals surface area (Å²) in [6.07, 6.45) is 1.84. The second-order valence-corrected chi connectivity index (χ2v) is 13.1. The molecule has 4 aromatic carbocycles. The van der Waals surface area contributed by atoms with E-state index in [0.717, 1.165) is 5.56 Å². The Balaban J connectivity index is 1.33. The van der Waals surface area contributed by atoms with Crippen molar-refractivity contribution in [3.8, 4) is 11.1 Å². The minimum Gasteiger partial charge on any atom is -0.443 e. The van der Waals surface area contributed by atoms with Gasteiger partial charge in [-0.25, -0.2) is 14.0 Å². The van der Waals surface area contributed by atoms with Crippen molar-refractivity contribution in [3.63, 3.8) is 0 Å². The van der Waals surface area contributed by atoms with Gasteiger partial charge in [0.1, 0.15) is 12.4 Å². The molecule has 1 aromatic heterocycles. The van der Waals surface area contributed by atoms with Gasteiger partial charge in [0, 0.05) is 23.0 Å². The van der Waals surface area contributed by atoms with E-state index < -0.39 is 27.6 Å². The lowest BCUT2D eigenvalue weighted by Gasteiger charge is -2.13. The van der Waals surface area contributed by atoms with E-state index in [1.807, 2.05) is 30.3 Å². The fourth-order valence-electron chi connectivity index (χ4n) is 4.41. The Labute approximate surface area is 275 Å². The third kappa shape index (κ3) is 8.16. The van der Waals surface area contributed by atoms with Crippen molar-refractivity contribution in [1.82, 2.24) is 4.98 Å². The van der Waals surface area contributed by atoms with Gasteiger partial charge in [-0.15, -0.1) is 4.36 Å². The summed E-state index contributed by atoms with van der Waals surface area (Å²) in [6.45, 7) is 0.00557. The molecule has 5 aromatic rings. The zero-order valence-electron chi connectivity index (χ0n) is 24.3. The van der Waals surface area contributed by atoms with Crippen LogP contribution in [0.5, 0.6) is 0 Å². The molecule has 0 aliphatic heterocycles. The summed E-state index contributed by atoms with van der Waals surface area (Å²) in [5.74, 6) is -0.733. The summed E-state index contributed by atoms with van der Waals surface area (Å²) in [6, 6.07) is 30.2. The number of anilines is 2. The highest BCUT2D eigenvalue weighted by atomic mass is 35.5. The molecule has 1 heterocycles. The minimum atomic E-state index is -3.19. The van der Waals surface area contributed by atoms with E-state index in [2.05, 4.69) is 20.0 Å². The van der Waals surface area contributed by atoms with Gasteiger partial charge in [-0.05, 0) is 65.2 Å². The maximum atomic E-state index is 13.6. The van der Waals surface area contributed by atoms with Crippen molar-refractivity contribution in [2.24, 2.45) is 4.36 Å². The number of aromatic nitrogens is 1. The first-order valence-electron chi connectivity index (χ1n) is 13.8. The van der Waals surface area contributed by atoms with Crippen molar-refractivity contribution in [1.29, 1.82) is 0 Å². The average molecular weight is 674 g/mol. The second-order valence-electron chi connectivity index (χ2n) is 9.97. The maximum absolute atomic E-state index is 13.6. The SMILES string of the molecule is CS(=O)(=NC(=O)OCc1ccccc1)c1ccccc1-c1ccc(C(=O)Nc2ccc(Cl)cc2C(=O)Nc2ccc(Cl)cn2)cc1. The molecule has 0 saturated heterocycles. The van der Waals surface area contributed by atoms with Crippen molar-refractivity contribution < 1.29 is 23.3 Å². The molecule has 1 unspecified atom stereocenters. The van der Waals surface area contributed by atoms with E-state index in [1.54, 1.807) is 66.7 Å². The van der Waals surface area contributed by atoms with Crippen LogP contribution >= 0.6 is 23.2 Å². The molecule has 2 N–H and O–H groups in total. The van der Waals surface area contributed by atoms with Crippen LogP contribution in [0.4, 0.5) is 16.3 Å². The molecule has 232 valence electrons. The van der Waals surface area contributed by atoms with Gasteiger partial charge >= 0.3 is 6.09 Å². The van der Waals surface area contributed by atoms with Gasteiger partial charge in [0.25, 0.3) is 11.8 Å². The number of amides is 3. The van der Waals surface area contributed by atoms with Crippen LogP contribution in [-0.4, -0.2) is 33.4 Å². The smallest absolute Gasteiger partial charge is 0.442 e. The molecule has 3 amide bonds. The van der Waals surface area contributed by atoms with Gasteiger partial charge in [0.15, 0.2) is 0 Å². The fraction of sp³-hybridized carbons (Fsp3) is 0.0588. The third-order valence-electron chi connectivity index (χ3n) is 6.65. The molecule has 0 aliphatic carbocycles. The number of hydrogen-bond acceptors (Lipinski definition) is 6. The Bertz CT molecular complexity index is 2030. The standard InChI is InChI=1S/C34H26Cl2N4O5S/c1-46(44,40-34(43)45-21-22-7-3-2-4-8-22)30-10-6-5-9-27(30)23-11-13-24(14-12-23)32(41)38-29-17-15-25(35)19-28(29)33(42)39-31-18-16-26(36)20-37-31/h2-20H,21H2,1H3,(H,38,41)(H,37,39,42). The van der Waals surface area contributed by atoms with E-state index in [1.165, 1.54) is 24.6 Å². The normalized spacial score (nSPS) is 12.0. The van der Waals surface area contributed by atoms with Gasteiger partial charge in [-0.1, -0.05) is 83.9 Å². The van der Waals surface area contributed by atoms with Crippen LogP contribution in [0.2, 0.25) is 10.0 Å². The van der Waals surface area contributed by atoms with E-state index in [4.69, 9.17) is 27.9 Å². The summed E-state index contributed by atoms with van der Waals surface area (Å²) in [5.41, 5.74) is 2.68. The molecule has 0 bridgehead atoms. The Kier molecular flexibility index (Phi) is 10.1. The Hall–Kier alpha value is -5.03. The summed E-state index contributed by atoms with van der Waals surface area (Å²) in [7, 11) is -3.19. The first kappa shape index (κ1) is 32.4. The Morgan fingerprint density at radius 3 is 2.22 bits per heavy atom. The van der Waals surface area contributed by atoms with E-state index in [9.17, 15) is 18.6 Å².